The number of hydrogen-bond acceptors (Lipinski definition) is 4. The van der Waals surface area contributed by atoms with E-state index >= 15 is 0 Å². The van der Waals surface area contributed by atoms with Crippen molar-refractivity contribution in [3.63, 3.8) is 0 Å². The van der Waals surface area contributed by atoms with E-state index in [9.17, 15) is 28.2 Å². The van der Waals surface area contributed by atoms with E-state index in [1.54, 1.807) is 0 Å². The average molecular weight is 338 g/mol. The molecule has 2 aromatic rings. The number of hydrogen-bond donors (Lipinski definition) is 2. The fourth-order valence-corrected chi connectivity index (χ4v) is 2.05. The van der Waals surface area contributed by atoms with E-state index in [4.69, 9.17) is 4.74 Å². The summed E-state index contributed by atoms with van der Waals surface area (Å²) in [6.07, 6.45) is -4.76. The van der Waals surface area contributed by atoms with Gasteiger partial charge in [-0.1, -0.05) is 18.2 Å². The summed E-state index contributed by atoms with van der Waals surface area (Å²) in [5.41, 5.74) is -1.88. The Morgan fingerprint density at radius 2 is 1.58 bits per heavy atom. The Kier molecular flexibility index (Phi) is 4.82. The summed E-state index contributed by atoms with van der Waals surface area (Å²) in [6.45, 7) is 0. The molecule has 0 atom stereocenters. The fraction of sp³-hybridized carbons (Fsp3) is 0.118. The molecule has 0 fully saturated rings. The molecular weight excluding hydrogens is 325 g/mol. The fourth-order valence-electron chi connectivity index (χ4n) is 2.05. The smallest absolute Gasteiger partial charge is 0.417 e. The normalized spacial score (nSPS) is 12.5. The number of allylic oxidation sites excluding steroid dienone is 1. The average Bonchev–Trinajstić information content (AvgIpc) is 2.59. The van der Waals surface area contributed by atoms with Crippen LogP contribution in [0.3, 0.4) is 0 Å². The first-order valence-electron chi connectivity index (χ1n) is 6.73. The number of ketones is 1. The van der Waals surface area contributed by atoms with E-state index in [0.29, 0.717) is 5.75 Å². The first-order valence-corrected chi connectivity index (χ1v) is 6.73. The number of Topliss-reactive ketones (excluding diaryl/α,β-unsaturated/α-hetero) is 1. The quantitative estimate of drug-likeness (QED) is 0.493. The lowest BCUT2D eigenvalue weighted by atomic mass is 10.0. The highest BCUT2D eigenvalue weighted by molar-refractivity contribution is 6.11. The highest BCUT2D eigenvalue weighted by Gasteiger charge is 2.36. The van der Waals surface area contributed by atoms with Crippen LogP contribution in [0.2, 0.25) is 0 Å². The van der Waals surface area contributed by atoms with Gasteiger partial charge in [-0.05, 0) is 30.3 Å². The molecule has 0 radical (unpaired) electrons. The molecule has 4 nitrogen and oxygen atoms in total. The molecule has 0 aliphatic rings. The summed E-state index contributed by atoms with van der Waals surface area (Å²) < 4.78 is 43.8. The zero-order valence-corrected chi connectivity index (χ0v) is 12.5. The first-order chi connectivity index (χ1) is 11.3. The number of ether oxygens (including phenoxy) is 1. The third-order valence-electron chi connectivity index (χ3n) is 3.28. The van der Waals surface area contributed by atoms with E-state index in [2.05, 4.69) is 0 Å². The van der Waals surface area contributed by atoms with E-state index in [0.717, 1.165) is 18.2 Å². The molecule has 0 spiro atoms. The van der Waals surface area contributed by atoms with Crippen LogP contribution < -0.4 is 4.74 Å². The summed E-state index contributed by atoms with van der Waals surface area (Å²) in [7, 11) is 1.43. The predicted molar refractivity (Wildman–Crippen MR) is 80.9 cm³/mol. The predicted octanol–water partition coefficient (Wildman–Crippen LogP) is 4.38. The molecule has 0 bridgehead atoms. The van der Waals surface area contributed by atoms with Crippen molar-refractivity contribution >= 4 is 11.5 Å². The molecule has 0 amide bonds. The lowest BCUT2D eigenvalue weighted by Crippen LogP contribution is -2.15. The Labute approximate surface area is 135 Å². The lowest BCUT2D eigenvalue weighted by Gasteiger charge is -2.12. The Bertz CT molecular complexity index is 777. The maximum atomic E-state index is 13.0. The van der Waals surface area contributed by atoms with Crippen LogP contribution in [0.1, 0.15) is 21.5 Å². The molecule has 126 valence electrons. The summed E-state index contributed by atoms with van der Waals surface area (Å²) in [5, 5.41) is 19.9. The van der Waals surface area contributed by atoms with Gasteiger partial charge in [0.2, 0.25) is 11.5 Å². The second kappa shape index (κ2) is 6.66. The number of halogens is 3. The molecule has 0 saturated carbocycles. The lowest BCUT2D eigenvalue weighted by molar-refractivity contribution is -0.137. The minimum absolute atomic E-state index is 0.0612. The SMILES string of the molecule is COc1ccc(/C(O)=C(\O)C(=O)c2ccccc2C(F)(F)F)cc1. The summed E-state index contributed by atoms with van der Waals surface area (Å²) in [6, 6.07) is 9.66. The van der Waals surface area contributed by atoms with Crippen LogP contribution in [-0.4, -0.2) is 23.1 Å². The zero-order valence-electron chi connectivity index (χ0n) is 12.5. The van der Waals surface area contributed by atoms with E-state index in [1.807, 2.05) is 0 Å². The van der Waals surface area contributed by atoms with Gasteiger partial charge in [0.05, 0.1) is 12.7 Å². The second-order valence-electron chi connectivity index (χ2n) is 4.80. The van der Waals surface area contributed by atoms with Gasteiger partial charge >= 0.3 is 6.18 Å². The minimum Gasteiger partial charge on any atom is -0.504 e. The van der Waals surface area contributed by atoms with E-state index < -0.39 is 34.6 Å². The maximum absolute atomic E-state index is 13.0. The third-order valence-corrected chi connectivity index (χ3v) is 3.28. The number of rotatable bonds is 4. The van der Waals surface area contributed by atoms with Gasteiger partial charge in [0, 0.05) is 11.1 Å². The van der Waals surface area contributed by atoms with Crippen molar-refractivity contribution in [1.82, 2.24) is 0 Å². The van der Waals surface area contributed by atoms with Crippen LogP contribution in [-0.2, 0) is 6.18 Å². The zero-order chi connectivity index (χ0) is 17.9. The van der Waals surface area contributed by atoms with E-state index in [-0.39, 0.29) is 5.56 Å². The van der Waals surface area contributed by atoms with Crippen LogP contribution in [0.5, 0.6) is 5.75 Å². The van der Waals surface area contributed by atoms with Crippen molar-refractivity contribution in [2.45, 2.75) is 6.18 Å². The molecule has 7 heteroatoms. The molecule has 0 aromatic heterocycles. The molecule has 0 saturated heterocycles. The number of carbonyl (C=O) groups excluding carboxylic acids is 1. The van der Waals surface area contributed by atoms with Gasteiger partial charge in [-0.3, -0.25) is 4.79 Å². The van der Waals surface area contributed by atoms with Gasteiger partial charge in [0.1, 0.15) is 5.75 Å². The second-order valence-corrected chi connectivity index (χ2v) is 4.80. The summed E-state index contributed by atoms with van der Waals surface area (Å²) in [5.74, 6) is -2.84. The van der Waals surface area contributed by atoms with Crippen molar-refractivity contribution in [2.24, 2.45) is 0 Å². The number of carbonyl (C=O) groups is 1. The standard InChI is InChI=1S/C17H13F3O4/c1-24-11-8-6-10(7-9-11)14(21)16(23)15(22)12-4-2-3-5-13(12)17(18,19)20/h2-9,21,23H,1H3/b16-14+. The third kappa shape index (κ3) is 3.51. The Hall–Kier alpha value is -2.96. The first kappa shape index (κ1) is 17.4. The number of alkyl halides is 3. The Balaban J connectivity index is 2.45. The number of methoxy groups -OCH3 is 1. The van der Waals surface area contributed by atoms with Gasteiger partial charge in [0.15, 0.2) is 5.76 Å². The largest absolute Gasteiger partial charge is 0.504 e. The number of aliphatic hydroxyl groups excluding tert-OH is 2. The highest BCUT2D eigenvalue weighted by Crippen LogP contribution is 2.33. The van der Waals surface area contributed by atoms with Crippen LogP contribution in [0.4, 0.5) is 13.2 Å². The molecule has 24 heavy (non-hydrogen) atoms. The van der Waals surface area contributed by atoms with E-state index in [1.165, 1.54) is 37.4 Å². The van der Waals surface area contributed by atoms with Crippen molar-refractivity contribution in [1.29, 1.82) is 0 Å². The number of benzene rings is 2. The van der Waals surface area contributed by atoms with Crippen LogP contribution in [0.25, 0.3) is 5.76 Å². The van der Waals surface area contributed by atoms with Gasteiger partial charge in [-0.25, -0.2) is 0 Å². The van der Waals surface area contributed by atoms with Gasteiger partial charge in [-0.2, -0.15) is 13.2 Å². The van der Waals surface area contributed by atoms with Crippen molar-refractivity contribution in [3.05, 3.63) is 71.0 Å². The molecule has 0 aliphatic heterocycles. The molecule has 0 unspecified atom stereocenters. The van der Waals surface area contributed by atoms with Crippen molar-refractivity contribution < 1.29 is 32.9 Å². The van der Waals surface area contributed by atoms with Crippen molar-refractivity contribution in [2.75, 3.05) is 7.11 Å². The molecule has 2 aromatic carbocycles. The number of aliphatic hydroxyl groups is 2. The van der Waals surface area contributed by atoms with Crippen LogP contribution >= 0.6 is 0 Å². The van der Waals surface area contributed by atoms with Gasteiger partial charge in [0.25, 0.3) is 0 Å². The van der Waals surface area contributed by atoms with Crippen LogP contribution in [0, 0.1) is 0 Å². The molecule has 0 aliphatic carbocycles. The Morgan fingerprint density at radius 1 is 1.00 bits per heavy atom. The maximum Gasteiger partial charge on any atom is 0.417 e. The molecule has 2 N–H and O–H groups in total. The summed E-state index contributed by atoms with van der Waals surface area (Å²) in [4.78, 5) is 12.2. The monoisotopic (exact) mass is 338 g/mol. The molecule has 2 rings (SSSR count). The highest BCUT2D eigenvalue weighted by atomic mass is 19.4. The summed E-state index contributed by atoms with van der Waals surface area (Å²) >= 11 is 0. The van der Waals surface area contributed by atoms with Crippen molar-refractivity contribution in [3.8, 4) is 5.75 Å². The Morgan fingerprint density at radius 3 is 2.12 bits per heavy atom. The van der Waals surface area contributed by atoms with Crippen LogP contribution in [0.15, 0.2) is 54.3 Å². The van der Waals surface area contributed by atoms with Gasteiger partial charge < -0.3 is 14.9 Å². The van der Waals surface area contributed by atoms with Gasteiger partial charge in [-0.15, -0.1) is 0 Å². The topological polar surface area (TPSA) is 66.8 Å². The molecule has 0 heterocycles. The molecular formula is C17H13F3O4. The minimum atomic E-state index is -4.76.